The van der Waals surface area contributed by atoms with Crippen molar-refractivity contribution in [3.63, 3.8) is 0 Å². The fourth-order valence-electron chi connectivity index (χ4n) is 13.1. The van der Waals surface area contributed by atoms with E-state index in [-0.39, 0.29) is 86.2 Å². The summed E-state index contributed by atoms with van der Waals surface area (Å²) in [6.07, 6.45) is -14.4. The van der Waals surface area contributed by atoms with Crippen LogP contribution in [0.4, 0.5) is 32.2 Å². The van der Waals surface area contributed by atoms with Crippen LogP contribution in [0.3, 0.4) is 0 Å². The Labute approximate surface area is 820 Å². The molecule has 3 aliphatic rings. The van der Waals surface area contributed by atoms with Crippen LogP contribution < -0.4 is 62.6 Å². The number of esters is 6. The minimum absolute atomic E-state index is 0.0794. The number of anilines is 3. The molecule has 0 aromatic carbocycles. The van der Waals surface area contributed by atoms with Crippen molar-refractivity contribution in [3.05, 3.63) is 19.0 Å². The van der Waals surface area contributed by atoms with Gasteiger partial charge in [0.15, 0.2) is 52.2 Å². The molecule has 3 aliphatic heterocycles. The van der Waals surface area contributed by atoms with Crippen LogP contribution in [-0.4, -0.2) is 349 Å². The van der Waals surface area contributed by atoms with Gasteiger partial charge in [0.1, 0.15) is 89.7 Å². The molecule has 18 N–H and O–H groups in total. The summed E-state index contributed by atoms with van der Waals surface area (Å²) >= 11 is 1.74. The maximum absolute atomic E-state index is 14.2. The second-order valence-corrected chi connectivity index (χ2v) is 46.6. The Balaban J connectivity index is 0.000000287. The number of fused-ring (bicyclic) bond motifs is 3. The van der Waals surface area contributed by atoms with E-state index < -0.39 is 239 Å². The molecule has 57 nitrogen and oxygen atoms in total. The number of carbonyl (C=O) groups excluding carboxylic acids is 9. The summed E-state index contributed by atoms with van der Waals surface area (Å²) in [6, 6.07) is -7.46. The number of alkyl carbamates (subject to hydrolysis) is 3. The second-order valence-electron chi connectivity index (χ2n) is 33.6. The van der Waals surface area contributed by atoms with E-state index in [2.05, 4.69) is 90.3 Å². The molecule has 3 fully saturated rings. The van der Waals surface area contributed by atoms with Crippen molar-refractivity contribution in [2.75, 3.05) is 96.9 Å². The van der Waals surface area contributed by atoms with E-state index in [1.54, 1.807) is 83.1 Å². The largest absolute Gasteiger partial charge is 0.479 e. The molecule has 63 heteroatoms. The number of imidazole rings is 3. The minimum atomic E-state index is -4.19. The number of carbonyl (C=O) groups is 9. The van der Waals surface area contributed by atoms with Crippen LogP contribution in [0.15, 0.2) is 19.0 Å². The molecular weight excluding hydrogens is 2000 g/mol. The molecule has 0 aliphatic carbocycles. The van der Waals surface area contributed by atoms with Crippen molar-refractivity contribution < 1.29 is 172 Å². The monoisotopic (exact) mass is 2120 g/mol. The van der Waals surface area contributed by atoms with Gasteiger partial charge in [0.2, 0.25) is 35.5 Å². The molecule has 21 atom stereocenters. The zero-order valence-electron chi connectivity index (χ0n) is 81.7. The van der Waals surface area contributed by atoms with Crippen LogP contribution in [0.1, 0.15) is 143 Å². The van der Waals surface area contributed by atoms with Crippen LogP contribution >= 0.6 is 54.3 Å². The van der Waals surface area contributed by atoms with Gasteiger partial charge in [-0.2, -0.15) is 29.9 Å². The van der Waals surface area contributed by atoms with Crippen molar-refractivity contribution >= 4 is 160 Å². The molecular formula is C78H126N21O36P3S3. The Kier molecular flexibility index (Phi) is 42.9. The molecule has 0 saturated carbocycles. The first-order valence-corrected chi connectivity index (χ1v) is 53.0. The lowest BCUT2D eigenvalue weighted by atomic mass is 9.96. The zero-order valence-corrected chi connectivity index (χ0v) is 86.8. The highest BCUT2D eigenvalue weighted by molar-refractivity contribution is 8.56. The Bertz CT molecular complexity index is 4940. The quantitative estimate of drug-likeness (QED) is 0.0148. The normalized spacial score (nSPS) is 23.7. The van der Waals surface area contributed by atoms with Gasteiger partial charge < -0.3 is 148 Å². The third kappa shape index (κ3) is 31.6. The number of aliphatic hydroxyl groups is 6. The van der Waals surface area contributed by atoms with E-state index in [0.717, 1.165) is 21.3 Å². The Morgan fingerprint density at radius 2 is 0.596 bits per heavy atom. The summed E-state index contributed by atoms with van der Waals surface area (Å²) in [6.45, 7) is 13.3. The highest BCUT2D eigenvalue weighted by Gasteiger charge is 2.58. The van der Waals surface area contributed by atoms with Gasteiger partial charge >= 0.3 is 74.3 Å². The van der Waals surface area contributed by atoms with Gasteiger partial charge in [0.25, 0.3) is 0 Å². The lowest BCUT2D eigenvalue weighted by Crippen LogP contribution is -2.45. The Morgan fingerprint density at radius 1 is 0.383 bits per heavy atom. The van der Waals surface area contributed by atoms with Gasteiger partial charge in [0.05, 0.1) is 118 Å². The second kappa shape index (κ2) is 51.1. The number of rotatable bonds is 45. The van der Waals surface area contributed by atoms with Crippen molar-refractivity contribution in [3.8, 4) is 17.6 Å². The molecule has 3 saturated heterocycles. The molecule has 7 unspecified atom stereocenters. The van der Waals surface area contributed by atoms with Gasteiger partial charge in [-0.25, -0.2) is 59.0 Å². The molecule has 0 bridgehead atoms. The minimum Gasteiger partial charge on any atom is -0.479 e. The smallest absolute Gasteiger partial charge is 0.407 e. The number of nitrogen functional groups attached to an aromatic ring is 3. The maximum Gasteiger partial charge on any atom is 0.407 e. The van der Waals surface area contributed by atoms with E-state index in [0.29, 0.717) is 34.1 Å². The third-order valence-corrected chi connectivity index (χ3v) is 32.1. The summed E-state index contributed by atoms with van der Waals surface area (Å²) in [7, 11) is 7.41. The molecule has 6 aromatic heterocycles. The Hall–Kier alpha value is -9.78. The Morgan fingerprint density at radius 3 is 0.794 bits per heavy atom. The van der Waals surface area contributed by atoms with Crippen LogP contribution in [-0.2, 0) is 113 Å². The first-order chi connectivity index (χ1) is 65.7. The van der Waals surface area contributed by atoms with Crippen molar-refractivity contribution in [1.82, 2.24) is 89.8 Å². The van der Waals surface area contributed by atoms with Gasteiger partial charge in [0, 0.05) is 17.3 Å². The molecule has 9 heterocycles. The van der Waals surface area contributed by atoms with Crippen molar-refractivity contribution in [2.45, 2.75) is 270 Å². The number of methoxy groups -OCH3 is 6. The maximum atomic E-state index is 14.2. The molecule has 0 spiro atoms. The highest BCUT2D eigenvalue weighted by Crippen LogP contribution is 2.60. The number of aromatic nitrogens is 12. The molecule has 141 heavy (non-hydrogen) atoms. The average molecular weight is 2120 g/mol. The SMILES string of the molecule is COC(=O)NC(CSP(=O)(N[C@@H](C)C(=O)OC(C)C)OC[C@H]1OC(n2cnc3c(OC)nc(N)nc32)[C@](C)(O)[C@@H]1O)C(=O)OC(C)C.COC(=O)NC(CS[P@@](=O)(N[C@H](C)C(=O)OC(C)C)OC[C@H]1OC(n2cnc3c(OC)nc(N)nc32)[C@](C)(O)[C@@H]1O)C(=O)OC(C)C.COC(=O)NC(CS[P@](=O)(N[C@H](C)C(=O)OC(C)C)OC[C@H]1OC(n2cnc3c(OC)nc(N)nc32)[C@](C)(O)[C@@H]1O)C(=O)OC(C)C. The summed E-state index contributed by atoms with van der Waals surface area (Å²) in [4.78, 5) is 149. The standard InChI is InChI=1S/3C26H42N7O12PS/c3*1-12(2)43-21(35)14(5)32-46(39,47-10-15(29-25(37)41-8)22(36)44-13(3)4)42-9-16-18(34)26(6,38)23(45-16)33-11-28-17-19(33)30-24(27)31-20(17)40-7/h3*11-16,18,23,34,38H,9-10H2,1-8H3,(H,29,37)(H,32,39)(H2,27,30,31)/t14-,15?,16+,18+,23?,26+,46?;14-,15?,16-,18-,23?,26-,46+;14-,15?,16-,18-,23?,26-,46-/m011/s1. The fourth-order valence-corrected chi connectivity index (χ4v) is 24.6. The van der Waals surface area contributed by atoms with E-state index in [9.17, 15) is 87.5 Å². The number of nitrogens with two attached hydrogens (primary N) is 3. The first-order valence-electron chi connectivity index (χ1n) is 43.3. The fraction of sp³-hybridized carbons (Fsp3) is 0.692. The van der Waals surface area contributed by atoms with Gasteiger partial charge in [-0.05, 0) is 125 Å². The van der Waals surface area contributed by atoms with Crippen LogP contribution in [0.5, 0.6) is 17.6 Å². The van der Waals surface area contributed by atoms with Gasteiger partial charge in [-0.1, -0.05) is 34.1 Å². The molecule has 792 valence electrons. The predicted octanol–water partition coefficient (Wildman–Crippen LogP) is 2.67. The third-order valence-electron chi connectivity index (χ3n) is 19.8. The summed E-state index contributed by atoms with van der Waals surface area (Å²) in [5.74, 6) is -5.95. The first kappa shape index (κ1) is 118. The number of nitrogens with zero attached hydrogens (tertiary/aromatic N) is 12. The van der Waals surface area contributed by atoms with E-state index in [4.69, 9.17) is 87.6 Å². The topological polar surface area (TPSA) is 773 Å². The van der Waals surface area contributed by atoms with Crippen LogP contribution in [0.25, 0.3) is 33.5 Å². The highest BCUT2D eigenvalue weighted by atomic mass is 32.7. The van der Waals surface area contributed by atoms with E-state index in [1.807, 2.05) is 0 Å². The molecule has 6 aromatic rings. The summed E-state index contributed by atoms with van der Waals surface area (Å²) < 4.78 is 143. The van der Waals surface area contributed by atoms with E-state index >= 15 is 0 Å². The van der Waals surface area contributed by atoms with Gasteiger partial charge in [-0.15, -0.1) is 0 Å². The molecule has 3 amide bonds. The summed E-state index contributed by atoms with van der Waals surface area (Å²) in [5, 5.41) is 82.1. The zero-order chi connectivity index (χ0) is 106. The number of aliphatic hydroxyl groups excluding tert-OH is 3. The number of ether oxygens (including phenoxy) is 15. The molecule has 0 radical (unpaired) electrons. The predicted molar refractivity (Wildman–Crippen MR) is 502 cm³/mol. The number of amides is 3. The van der Waals surface area contributed by atoms with Crippen LogP contribution in [0, 0.1) is 0 Å². The number of hydrogen-bond donors (Lipinski definition) is 15. The molecule has 9 rings (SSSR count). The lowest BCUT2D eigenvalue weighted by Gasteiger charge is -2.27. The van der Waals surface area contributed by atoms with Crippen molar-refractivity contribution in [2.24, 2.45) is 0 Å². The summed E-state index contributed by atoms with van der Waals surface area (Å²) in [5.41, 5.74) is 12.7. The van der Waals surface area contributed by atoms with E-state index in [1.165, 1.54) is 95.6 Å². The number of hydrogen-bond acceptors (Lipinski definition) is 51. The van der Waals surface area contributed by atoms with Crippen molar-refractivity contribution in [1.29, 1.82) is 0 Å². The van der Waals surface area contributed by atoms with Crippen LogP contribution in [0.2, 0.25) is 0 Å². The van der Waals surface area contributed by atoms with Gasteiger partial charge in [-0.3, -0.25) is 41.8 Å². The average Bonchev–Trinajstić information content (AvgIpc) is 1.60. The number of nitrogens with one attached hydrogen (secondary N) is 6. The lowest BCUT2D eigenvalue weighted by molar-refractivity contribution is -0.150.